The minimum Gasteiger partial charge on any atom is -0.449 e. The van der Waals surface area contributed by atoms with Crippen LogP contribution in [0.1, 0.15) is 49.9 Å². The maximum atomic E-state index is 12.2. The van der Waals surface area contributed by atoms with Gasteiger partial charge in [-0.3, -0.25) is 9.78 Å². The zero-order valence-electron chi connectivity index (χ0n) is 12.8. The lowest BCUT2D eigenvalue weighted by atomic mass is 9.86. The Balaban J connectivity index is 1.89. The van der Waals surface area contributed by atoms with Crippen molar-refractivity contribution in [3.8, 4) is 0 Å². The first-order valence-corrected chi connectivity index (χ1v) is 8.38. The lowest BCUT2D eigenvalue weighted by Gasteiger charge is -2.30. The number of hydrogen-bond acceptors (Lipinski definition) is 4. The van der Waals surface area contributed by atoms with Crippen molar-refractivity contribution in [1.82, 2.24) is 10.3 Å². The number of esters is 1. The zero-order chi connectivity index (χ0) is 16.1. The molecule has 0 radical (unpaired) electrons. The van der Waals surface area contributed by atoms with Gasteiger partial charge in [0.1, 0.15) is 0 Å². The molecule has 2 rings (SSSR count). The van der Waals surface area contributed by atoms with Crippen molar-refractivity contribution in [3.05, 3.63) is 28.5 Å². The van der Waals surface area contributed by atoms with Gasteiger partial charge in [0, 0.05) is 22.9 Å². The molecule has 120 valence electrons. The van der Waals surface area contributed by atoms with E-state index in [1.54, 1.807) is 19.2 Å². The normalized spacial score (nSPS) is 22.7. The average Bonchev–Trinajstić information content (AvgIpc) is 2.49. The molecule has 1 heterocycles. The summed E-state index contributed by atoms with van der Waals surface area (Å²) >= 11 is 3.25. The maximum Gasteiger partial charge on any atom is 0.340 e. The Morgan fingerprint density at radius 2 is 2.09 bits per heavy atom. The maximum absolute atomic E-state index is 12.2. The van der Waals surface area contributed by atoms with E-state index >= 15 is 0 Å². The van der Waals surface area contributed by atoms with Crippen molar-refractivity contribution in [2.75, 3.05) is 0 Å². The van der Waals surface area contributed by atoms with Crippen LogP contribution in [0.25, 0.3) is 0 Å². The second-order valence-corrected chi connectivity index (χ2v) is 6.73. The highest BCUT2D eigenvalue weighted by Gasteiger charge is 2.26. The number of amides is 1. The van der Waals surface area contributed by atoms with Crippen LogP contribution in [0.3, 0.4) is 0 Å². The molecular weight excluding hydrogens is 348 g/mol. The van der Waals surface area contributed by atoms with Crippen LogP contribution in [-0.2, 0) is 9.53 Å². The van der Waals surface area contributed by atoms with Crippen molar-refractivity contribution >= 4 is 27.8 Å². The van der Waals surface area contributed by atoms with Gasteiger partial charge in [-0.15, -0.1) is 0 Å². The summed E-state index contributed by atoms with van der Waals surface area (Å²) < 4.78 is 5.91. The first-order valence-electron chi connectivity index (χ1n) is 7.59. The van der Waals surface area contributed by atoms with Crippen LogP contribution in [0.4, 0.5) is 0 Å². The Morgan fingerprint density at radius 3 is 2.77 bits per heavy atom. The molecule has 0 aliphatic heterocycles. The monoisotopic (exact) mass is 368 g/mol. The van der Waals surface area contributed by atoms with Crippen molar-refractivity contribution in [2.45, 2.75) is 51.7 Å². The van der Waals surface area contributed by atoms with E-state index in [1.165, 1.54) is 12.6 Å². The van der Waals surface area contributed by atoms with E-state index in [4.69, 9.17) is 4.74 Å². The number of carbonyl (C=O) groups excluding carboxylic acids is 2. The van der Waals surface area contributed by atoms with Gasteiger partial charge >= 0.3 is 5.97 Å². The predicted octanol–water partition coefficient (Wildman–Crippen LogP) is 3.08. The van der Waals surface area contributed by atoms with E-state index in [0.717, 1.165) is 19.3 Å². The number of pyridine rings is 1. The molecule has 1 saturated carbocycles. The molecule has 0 aromatic carbocycles. The molecule has 22 heavy (non-hydrogen) atoms. The van der Waals surface area contributed by atoms with Crippen molar-refractivity contribution in [1.29, 1.82) is 0 Å². The van der Waals surface area contributed by atoms with Crippen molar-refractivity contribution in [3.63, 3.8) is 0 Å². The number of halogens is 1. The largest absolute Gasteiger partial charge is 0.449 e. The van der Waals surface area contributed by atoms with E-state index < -0.39 is 12.1 Å². The topological polar surface area (TPSA) is 68.3 Å². The lowest BCUT2D eigenvalue weighted by Crippen LogP contribution is -2.46. The van der Waals surface area contributed by atoms with Crippen LogP contribution in [-0.4, -0.2) is 29.0 Å². The van der Waals surface area contributed by atoms with Crippen LogP contribution < -0.4 is 5.32 Å². The molecule has 1 aliphatic carbocycles. The Kier molecular flexibility index (Phi) is 5.94. The molecule has 1 fully saturated rings. The fraction of sp³-hybridized carbons (Fsp3) is 0.562. The van der Waals surface area contributed by atoms with Gasteiger partial charge in [0.05, 0.1) is 5.56 Å². The number of nitrogens with one attached hydrogen (secondary N) is 1. The third-order valence-corrected chi connectivity index (χ3v) is 4.47. The van der Waals surface area contributed by atoms with E-state index in [0.29, 0.717) is 16.0 Å². The third kappa shape index (κ3) is 4.53. The van der Waals surface area contributed by atoms with Crippen LogP contribution in [0.15, 0.2) is 22.9 Å². The Bertz CT molecular complexity index is 550. The van der Waals surface area contributed by atoms with Gasteiger partial charge in [0.15, 0.2) is 6.10 Å². The Morgan fingerprint density at radius 1 is 1.36 bits per heavy atom. The quantitative estimate of drug-likeness (QED) is 0.829. The number of rotatable bonds is 4. The zero-order valence-corrected chi connectivity index (χ0v) is 14.4. The number of aromatic nitrogens is 1. The highest BCUT2D eigenvalue weighted by molar-refractivity contribution is 9.10. The molecule has 1 aliphatic rings. The van der Waals surface area contributed by atoms with Gasteiger partial charge in [-0.25, -0.2) is 4.79 Å². The molecule has 0 saturated heterocycles. The van der Waals surface area contributed by atoms with E-state index in [9.17, 15) is 9.59 Å². The van der Waals surface area contributed by atoms with E-state index in [2.05, 4.69) is 33.2 Å². The van der Waals surface area contributed by atoms with Crippen LogP contribution in [0.2, 0.25) is 0 Å². The SMILES string of the molecule is C[C@@H]1CCCC[C@H]1NC(=O)[C@@H](C)OC(=O)c1cncc(Br)c1. The molecule has 6 heteroatoms. The number of nitrogens with zero attached hydrogens (tertiary/aromatic N) is 1. The summed E-state index contributed by atoms with van der Waals surface area (Å²) in [5.74, 6) is -0.321. The summed E-state index contributed by atoms with van der Waals surface area (Å²) in [6, 6.07) is 1.79. The predicted molar refractivity (Wildman–Crippen MR) is 86.4 cm³/mol. The highest BCUT2D eigenvalue weighted by Crippen LogP contribution is 2.23. The molecule has 1 aromatic heterocycles. The second kappa shape index (κ2) is 7.72. The minimum absolute atomic E-state index is 0.176. The molecular formula is C16H21BrN2O3. The smallest absolute Gasteiger partial charge is 0.340 e. The Hall–Kier alpha value is -1.43. The molecule has 0 spiro atoms. The third-order valence-electron chi connectivity index (χ3n) is 4.03. The summed E-state index contributed by atoms with van der Waals surface area (Å²) in [5.41, 5.74) is 0.319. The van der Waals surface area contributed by atoms with Gasteiger partial charge in [-0.05, 0) is 47.7 Å². The molecule has 1 amide bonds. The van der Waals surface area contributed by atoms with Crippen LogP contribution >= 0.6 is 15.9 Å². The van der Waals surface area contributed by atoms with Gasteiger partial charge in [0.25, 0.3) is 5.91 Å². The number of hydrogen-bond donors (Lipinski definition) is 1. The van der Waals surface area contributed by atoms with E-state index in [-0.39, 0.29) is 11.9 Å². The van der Waals surface area contributed by atoms with Crippen LogP contribution in [0, 0.1) is 5.92 Å². The van der Waals surface area contributed by atoms with Crippen LogP contribution in [0.5, 0.6) is 0 Å². The fourth-order valence-corrected chi connectivity index (χ4v) is 3.00. The Labute approximate surface area is 139 Å². The molecule has 0 bridgehead atoms. The fourth-order valence-electron chi connectivity index (χ4n) is 2.64. The first kappa shape index (κ1) is 16.9. The van der Waals surface area contributed by atoms with Gasteiger partial charge in [0.2, 0.25) is 0 Å². The molecule has 1 aromatic rings. The second-order valence-electron chi connectivity index (χ2n) is 5.82. The standard InChI is InChI=1S/C16H21BrN2O3/c1-10-5-3-4-6-14(10)19-15(20)11(2)22-16(21)12-7-13(17)9-18-8-12/h7-11,14H,3-6H2,1-2H3,(H,19,20)/t10-,11-,14-/m1/s1. The minimum atomic E-state index is -0.819. The summed E-state index contributed by atoms with van der Waals surface area (Å²) in [5, 5.41) is 3.00. The molecule has 3 atom stereocenters. The van der Waals surface area contributed by atoms with Gasteiger partial charge < -0.3 is 10.1 Å². The summed E-state index contributed by atoms with van der Waals surface area (Å²) in [7, 11) is 0. The summed E-state index contributed by atoms with van der Waals surface area (Å²) in [6.07, 6.45) is 6.64. The summed E-state index contributed by atoms with van der Waals surface area (Å²) in [6.45, 7) is 3.74. The molecule has 0 unspecified atom stereocenters. The van der Waals surface area contributed by atoms with Gasteiger partial charge in [-0.1, -0.05) is 19.8 Å². The molecule has 5 nitrogen and oxygen atoms in total. The van der Waals surface area contributed by atoms with Gasteiger partial charge in [-0.2, -0.15) is 0 Å². The van der Waals surface area contributed by atoms with Crippen molar-refractivity contribution < 1.29 is 14.3 Å². The average molecular weight is 369 g/mol. The number of carbonyl (C=O) groups is 2. The molecule has 1 N–H and O–H groups in total. The van der Waals surface area contributed by atoms with Crippen molar-refractivity contribution in [2.24, 2.45) is 5.92 Å². The number of ether oxygens (including phenoxy) is 1. The highest BCUT2D eigenvalue weighted by atomic mass is 79.9. The summed E-state index contributed by atoms with van der Waals surface area (Å²) in [4.78, 5) is 28.1. The van der Waals surface area contributed by atoms with E-state index in [1.807, 2.05) is 0 Å². The first-order chi connectivity index (χ1) is 10.5. The lowest BCUT2D eigenvalue weighted by molar-refractivity contribution is -0.130.